The Bertz CT molecular complexity index is 381. The summed E-state index contributed by atoms with van der Waals surface area (Å²) in [6, 6.07) is 6.18. The second-order valence-corrected chi connectivity index (χ2v) is 6.61. The van der Waals surface area contributed by atoms with E-state index in [9.17, 15) is 5.11 Å². The summed E-state index contributed by atoms with van der Waals surface area (Å²) < 4.78 is 0. The Kier molecular flexibility index (Phi) is 3.46. The van der Waals surface area contributed by atoms with Gasteiger partial charge >= 0.3 is 0 Å². The van der Waals surface area contributed by atoms with Crippen molar-refractivity contribution >= 4 is 0 Å². The number of benzene rings is 1. The lowest BCUT2D eigenvalue weighted by atomic mass is 9.86. The van der Waals surface area contributed by atoms with Gasteiger partial charge in [0.25, 0.3) is 0 Å². The number of phenols is 1. The van der Waals surface area contributed by atoms with Gasteiger partial charge in [-0.05, 0) is 47.8 Å². The first-order valence-electron chi connectivity index (χ1n) is 6.77. The van der Waals surface area contributed by atoms with Gasteiger partial charge in [-0.15, -0.1) is 0 Å². The normalized spacial score (nSPS) is 17.6. The Morgan fingerprint density at radius 2 is 1.82 bits per heavy atom. The minimum absolute atomic E-state index is 0.309. The largest absolute Gasteiger partial charge is 0.508 e. The first-order chi connectivity index (χ1) is 7.96. The Balaban J connectivity index is 2.22. The molecule has 1 saturated carbocycles. The van der Waals surface area contributed by atoms with Crippen molar-refractivity contribution in [2.75, 3.05) is 0 Å². The molecule has 0 atom stereocenters. The van der Waals surface area contributed by atoms with E-state index in [1.54, 1.807) is 0 Å². The van der Waals surface area contributed by atoms with Crippen molar-refractivity contribution < 1.29 is 5.11 Å². The molecule has 0 bridgehead atoms. The van der Waals surface area contributed by atoms with Crippen LogP contribution in [0, 0.1) is 5.41 Å². The first-order valence-corrected chi connectivity index (χ1v) is 6.77. The Labute approximate surface area is 105 Å². The predicted octanol–water partition coefficient (Wildman–Crippen LogP) is 4.64. The zero-order chi connectivity index (χ0) is 12.5. The lowest BCUT2D eigenvalue weighted by Gasteiger charge is -2.20. The van der Waals surface area contributed by atoms with E-state index < -0.39 is 0 Å². The van der Waals surface area contributed by atoms with Gasteiger partial charge in [-0.1, -0.05) is 45.7 Å². The Hall–Kier alpha value is -0.980. The topological polar surface area (TPSA) is 20.2 Å². The van der Waals surface area contributed by atoms with E-state index in [1.165, 1.54) is 36.8 Å². The second kappa shape index (κ2) is 4.72. The molecule has 1 aliphatic rings. The lowest BCUT2D eigenvalue weighted by molar-refractivity contribution is 0.409. The van der Waals surface area contributed by atoms with E-state index in [0.29, 0.717) is 17.1 Å². The van der Waals surface area contributed by atoms with Crippen LogP contribution in [0.4, 0.5) is 0 Å². The van der Waals surface area contributed by atoms with Crippen LogP contribution in [0.2, 0.25) is 0 Å². The molecule has 0 aromatic heterocycles. The third-order valence-corrected chi connectivity index (χ3v) is 3.62. The monoisotopic (exact) mass is 232 g/mol. The van der Waals surface area contributed by atoms with E-state index in [2.05, 4.69) is 32.9 Å². The maximum absolute atomic E-state index is 9.99. The molecule has 0 unspecified atom stereocenters. The SMILES string of the molecule is CC(C)(C)Cc1ccc(O)c(C2CCCC2)c1. The van der Waals surface area contributed by atoms with Crippen LogP contribution in [0.5, 0.6) is 5.75 Å². The van der Waals surface area contributed by atoms with Crippen molar-refractivity contribution in [3.8, 4) is 5.75 Å². The van der Waals surface area contributed by atoms with Crippen LogP contribution in [0.25, 0.3) is 0 Å². The lowest BCUT2D eigenvalue weighted by Crippen LogP contribution is -2.09. The van der Waals surface area contributed by atoms with Crippen molar-refractivity contribution in [3.05, 3.63) is 29.3 Å². The maximum Gasteiger partial charge on any atom is 0.119 e. The molecule has 1 fully saturated rings. The molecule has 1 aromatic rings. The summed E-state index contributed by atoms with van der Waals surface area (Å²) in [7, 11) is 0. The maximum atomic E-state index is 9.99. The van der Waals surface area contributed by atoms with Gasteiger partial charge in [0.05, 0.1) is 0 Å². The number of hydrogen-bond donors (Lipinski definition) is 1. The summed E-state index contributed by atoms with van der Waals surface area (Å²) in [4.78, 5) is 0. The van der Waals surface area contributed by atoms with Gasteiger partial charge in [-0.3, -0.25) is 0 Å². The molecule has 0 saturated heterocycles. The van der Waals surface area contributed by atoms with E-state index in [1.807, 2.05) is 6.07 Å². The van der Waals surface area contributed by atoms with Crippen LogP contribution in [-0.2, 0) is 6.42 Å². The van der Waals surface area contributed by atoms with Crippen molar-refractivity contribution in [3.63, 3.8) is 0 Å². The molecule has 1 heteroatoms. The van der Waals surface area contributed by atoms with Gasteiger partial charge < -0.3 is 5.11 Å². The zero-order valence-electron chi connectivity index (χ0n) is 11.3. The third-order valence-electron chi connectivity index (χ3n) is 3.62. The number of rotatable bonds is 2. The minimum Gasteiger partial charge on any atom is -0.508 e. The molecule has 17 heavy (non-hydrogen) atoms. The Morgan fingerprint density at radius 1 is 1.18 bits per heavy atom. The van der Waals surface area contributed by atoms with E-state index >= 15 is 0 Å². The molecule has 2 rings (SSSR count). The van der Waals surface area contributed by atoms with Crippen molar-refractivity contribution in [2.45, 2.75) is 58.8 Å². The molecular formula is C16H24O. The molecule has 1 N–H and O–H groups in total. The van der Waals surface area contributed by atoms with Gasteiger partial charge in [0, 0.05) is 0 Å². The second-order valence-electron chi connectivity index (χ2n) is 6.61. The van der Waals surface area contributed by atoms with Gasteiger partial charge in [0.15, 0.2) is 0 Å². The van der Waals surface area contributed by atoms with Crippen LogP contribution in [-0.4, -0.2) is 5.11 Å². The molecule has 1 aliphatic carbocycles. The highest BCUT2D eigenvalue weighted by atomic mass is 16.3. The van der Waals surface area contributed by atoms with Gasteiger partial charge in [0.2, 0.25) is 0 Å². The van der Waals surface area contributed by atoms with Crippen molar-refractivity contribution in [1.29, 1.82) is 0 Å². The van der Waals surface area contributed by atoms with Crippen LogP contribution < -0.4 is 0 Å². The summed E-state index contributed by atoms with van der Waals surface area (Å²) in [6.07, 6.45) is 6.19. The highest BCUT2D eigenvalue weighted by Gasteiger charge is 2.21. The van der Waals surface area contributed by atoms with Crippen LogP contribution >= 0.6 is 0 Å². The smallest absolute Gasteiger partial charge is 0.119 e. The van der Waals surface area contributed by atoms with Crippen LogP contribution in [0.1, 0.15) is 63.5 Å². The van der Waals surface area contributed by atoms with Gasteiger partial charge in [-0.25, -0.2) is 0 Å². The molecule has 0 aliphatic heterocycles. The highest BCUT2D eigenvalue weighted by molar-refractivity contribution is 5.39. The molecule has 0 heterocycles. The number of phenolic OH excluding ortho intramolecular Hbond substituents is 1. The molecule has 0 radical (unpaired) electrons. The van der Waals surface area contributed by atoms with E-state index in [4.69, 9.17) is 0 Å². The molecule has 94 valence electrons. The molecule has 0 amide bonds. The fraction of sp³-hybridized carbons (Fsp3) is 0.625. The quantitative estimate of drug-likeness (QED) is 0.787. The molecule has 0 spiro atoms. The standard InChI is InChI=1S/C16H24O/c1-16(2,3)11-12-8-9-15(17)14(10-12)13-6-4-5-7-13/h8-10,13,17H,4-7,11H2,1-3H3. The van der Waals surface area contributed by atoms with E-state index in [-0.39, 0.29) is 0 Å². The van der Waals surface area contributed by atoms with Crippen molar-refractivity contribution in [2.24, 2.45) is 5.41 Å². The van der Waals surface area contributed by atoms with Gasteiger partial charge in [0.1, 0.15) is 5.75 Å². The molecular weight excluding hydrogens is 208 g/mol. The highest BCUT2D eigenvalue weighted by Crippen LogP contribution is 2.39. The summed E-state index contributed by atoms with van der Waals surface area (Å²) in [6.45, 7) is 6.78. The summed E-state index contributed by atoms with van der Waals surface area (Å²) in [5.74, 6) is 1.09. The first kappa shape index (κ1) is 12.5. The van der Waals surface area contributed by atoms with Gasteiger partial charge in [-0.2, -0.15) is 0 Å². The average Bonchev–Trinajstić information content (AvgIpc) is 2.72. The Morgan fingerprint density at radius 3 is 2.41 bits per heavy atom. The fourth-order valence-electron chi connectivity index (χ4n) is 2.89. The summed E-state index contributed by atoms with van der Waals surface area (Å²) >= 11 is 0. The fourth-order valence-corrected chi connectivity index (χ4v) is 2.89. The zero-order valence-corrected chi connectivity index (χ0v) is 11.3. The van der Waals surface area contributed by atoms with Crippen LogP contribution in [0.3, 0.4) is 0 Å². The van der Waals surface area contributed by atoms with E-state index in [0.717, 1.165) is 6.42 Å². The number of aromatic hydroxyl groups is 1. The average molecular weight is 232 g/mol. The summed E-state index contributed by atoms with van der Waals surface area (Å²) in [5.41, 5.74) is 2.85. The third kappa shape index (κ3) is 3.24. The number of hydrogen-bond acceptors (Lipinski definition) is 1. The van der Waals surface area contributed by atoms with Crippen LogP contribution in [0.15, 0.2) is 18.2 Å². The predicted molar refractivity (Wildman–Crippen MR) is 72.5 cm³/mol. The molecule has 1 nitrogen and oxygen atoms in total. The molecule has 1 aromatic carbocycles. The minimum atomic E-state index is 0.309. The summed E-state index contributed by atoms with van der Waals surface area (Å²) in [5, 5.41) is 9.99. The van der Waals surface area contributed by atoms with Crippen molar-refractivity contribution in [1.82, 2.24) is 0 Å².